The van der Waals surface area contributed by atoms with Crippen LogP contribution in [0.25, 0.3) is 5.69 Å². The molecule has 0 aliphatic heterocycles. The molecule has 1 heterocycles. The van der Waals surface area contributed by atoms with Crippen molar-refractivity contribution in [2.45, 2.75) is 6.92 Å². The van der Waals surface area contributed by atoms with Crippen molar-refractivity contribution < 1.29 is 9.59 Å². The quantitative estimate of drug-likeness (QED) is 0.689. The Balaban J connectivity index is 2.46. The number of amides is 1. The zero-order chi connectivity index (χ0) is 13.8. The summed E-state index contributed by atoms with van der Waals surface area (Å²) in [5.74, 6) is -0.550. The molecule has 1 N–H and O–H groups in total. The summed E-state index contributed by atoms with van der Waals surface area (Å²) in [6.45, 7) is 1.42. The number of carbonyl (C=O) groups excluding carboxylic acids is 2. The molecule has 0 bridgehead atoms. The van der Waals surface area contributed by atoms with Gasteiger partial charge in [-0.15, -0.1) is 11.6 Å². The normalized spacial score (nSPS) is 10.2. The van der Waals surface area contributed by atoms with Gasteiger partial charge in [-0.05, 0) is 12.1 Å². The molecule has 5 nitrogen and oxygen atoms in total. The molecule has 2 aromatic rings. The fourth-order valence-electron chi connectivity index (χ4n) is 1.73. The minimum Gasteiger partial charge on any atom is -0.308 e. The van der Waals surface area contributed by atoms with Gasteiger partial charge in [0.2, 0.25) is 5.91 Å². The SMILES string of the molecule is CC(=O)c1c(NC(=O)CCl)ncn1-c1ccccc1. The monoisotopic (exact) mass is 277 g/mol. The van der Waals surface area contributed by atoms with Gasteiger partial charge in [0.05, 0.1) is 0 Å². The van der Waals surface area contributed by atoms with Crippen LogP contribution in [0.1, 0.15) is 17.4 Å². The van der Waals surface area contributed by atoms with E-state index in [9.17, 15) is 9.59 Å². The number of ketones is 1. The number of carbonyl (C=O) groups is 2. The second kappa shape index (κ2) is 5.67. The highest BCUT2D eigenvalue weighted by Crippen LogP contribution is 2.19. The van der Waals surface area contributed by atoms with Gasteiger partial charge < -0.3 is 5.32 Å². The maximum atomic E-state index is 11.7. The van der Waals surface area contributed by atoms with Gasteiger partial charge in [-0.2, -0.15) is 0 Å². The van der Waals surface area contributed by atoms with E-state index in [2.05, 4.69) is 10.3 Å². The third-order valence-corrected chi connectivity index (χ3v) is 2.76. The van der Waals surface area contributed by atoms with E-state index in [1.165, 1.54) is 13.3 Å². The molecule has 1 aromatic heterocycles. The topological polar surface area (TPSA) is 64.0 Å². The van der Waals surface area contributed by atoms with Crippen LogP contribution in [0.15, 0.2) is 36.7 Å². The molecule has 6 heteroatoms. The smallest absolute Gasteiger partial charge is 0.240 e. The predicted octanol–water partition coefficient (Wildman–Crippen LogP) is 2.25. The molecule has 0 aliphatic rings. The molecule has 0 spiro atoms. The first kappa shape index (κ1) is 13.3. The number of rotatable bonds is 4. The van der Waals surface area contributed by atoms with Gasteiger partial charge in [0.15, 0.2) is 11.6 Å². The molecule has 98 valence electrons. The van der Waals surface area contributed by atoms with Gasteiger partial charge >= 0.3 is 0 Å². The zero-order valence-electron chi connectivity index (χ0n) is 10.3. The molecule has 2 rings (SSSR count). The molecule has 1 amide bonds. The Morgan fingerprint density at radius 1 is 1.32 bits per heavy atom. The highest BCUT2D eigenvalue weighted by Gasteiger charge is 2.17. The number of hydrogen-bond donors (Lipinski definition) is 1. The summed E-state index contributed by atoms with van der Waals surface area (Å²) in [4.78, 5) is 27.1. The van der Waals surface area contributed by atoms with Crippen LogP contribution in [0.3, 0.4) is 0 Å². The van der Waals surface area contributed by atoms with Crippen LogP contribution in [0.5, 0.6) is 0 Å². The van der Waals surface area contributed by atoms with Crippen LogP contribution in [0.2, 0.25) is 0 Å². The highest BCUT2D eigenvalue weighted by molar-refractivity contribution is 6.29. The Morgan fingerprint density at radius 2 is 2.00 bits per heavy atom. The van der Waals surface area contributed by atoms with Crippen molar-refractivity contribution >= 4 is 29.1 Å². The van der Waals surface area contributed by atoms with E-state index in [1.807, 2.05) is 30.3 Å². The zero-order valence-corrected chi connectivity index (χ0v) is 11.0. The van der Waals surface area contributed by atoms with Crippen molar-refractivity contribution in [1.82, 2.24) is 9.55 Å². The molecule has 0 radical (unpaired) electrons. The van der Waals surface area contributed by atoms with Crippen LogP contribution >= 0.6 is 11.6 Å². The molecule has 0 saturated heterocycles. The van der Waals surface area contributed by atoms with Gasteiger partial charge in [-0.25, -0.2) is 4.98 Å². The molecular formula is C13H12ClN3O2. The number of alkyl halides is 1. The van der Waals surface area contributed by atoms with Crippen LogP contribution < -0.4 is 5.32 Å². The average molecular weight is 278 g/mol. The number of anilines is 1. The van der Waals surface area contributed by atoms with E-state index in [0.29, 0.717) is 5.69 Å². The van der Waals surface area contributed by atoms with Crippen LogP contribution in [-0.4, -0.2) is 27.1 Å². The Labute approximate surface area is 115 Å². The lowest BCUT2D eigenvalue weighted by molar-refractivity contribution is -0.113. The van der Waals surface area contributed by atoms with E-state index in [-0.39, 0.29) is 17.5 Å². The van der Waals surface area contributed by atoms with Crippen LogP contribution in [0, 0.1) is 0 Å². The number of Topliss-reactive ketones (excluding diaryl/α,β-unsaturated/α-hetero) is 1. The maximum Gasteiger partial charge on any atom is 0.240 e. The van der Waals surface area contributed by atoms with E-state index >= 15 is 0 Å². The first-order valence-electron chi connectivity index (χ1n) is 5.63. The number of halogens is 1. The first-order chi connectivity index (χ1) is 9.13. The van der Waals surface area contributed by atoms with E-state index in [0.717, 1.165) is 5.69 Å². The number of aromatic nitrogens is 2. The summed E-state index contributed by atoms with van der Waals surface area (Å²) >= 11 is 5.43. The Bertz CT molecular complexity index is 608. The summed E-state index contributed by atoms with van der Waals surface area (Å²) in [7, 11) is 0. The van der Waals surface area contributed by atoms with Crippen molar-refractivity contribution in [2.75, 3.05) is 11.2 Å². The van der Waals surface area contributed by atoms with Crippen molar-refractivity contribution in [2.24, 2.45) is 0 Å². The molecule has 0 saturated carbocycles. The summed E-state index contributed by atoms with van der Waals surface area (Å²) in [6, 6.07) is 9.29. The number of nitrogens with one attached hydrogen (secondary N) is 1. The Morgan fingerprint density at radius 3 is 2.58 bits per heavy atom. The van der Waals surface area contributed by atoms with E-state index in [1.54, 1.807) is 4.57 Å². The molecule has 1 aromatic carbocycles. The van der Waals surface area contributed by atoms with Gasteiger partial charge in [0, 0.05) is 12.6 Å². The van der Waals surface area contributed by atoms with Crippen molar-refractivity contribution in [1.29, 1.82) is 0 Å². The number of imidazole rings is 1. The standard InChI is InChI=1S/C13H12ClN3O2/c1-9(18)12-13(16-11(19)7-14)15-8-17(12)10-5-3-2-4-6-10/h2-6,8H,7H2,1H3,(H,16,19). The molecule has 19 heavy (non-hydrogen) atoms. The van der Waals surface area contributed by atoms with Gasteiger partial charge in [-0.3, -0.25) is 14.2 Å². The first-order valence-corrected chi connectivity index (χ1v) is 6.16. The summed E-state index contributed by atoms with van der Waals surface area (Å²) in [6.07, 6.45) is 1.50. The molecular weight excluding hydrogens is 266 g/mol. The van der Waals surface area contributed by atoms with Gasteiger partial charge in [0.25, 0.3) is 0 Å². The summed E-state index contributed by atoms with van der Waals surface area (Å²) < 4.78 is 1.63. The van der Waals surface area contributed by atoms with Crippen molar-refractivity contribution in [3.05, 3.63) is 42.4 Å². The average Bonchev–Trinajstić information content (AvgIpc) is 2.83. The fraction of sp³-hybridized carbons (Fsp3) is 0.154. The van der Waals surface area contributed by atoms with E-state index in [4.69, 9.17) is 11.6 Å². The highest BCUT2D eigenvalue weighted by atomic mass is 35.5. The molecule has 0 fully saturated rings. The second-order valence-electron chi connectivity index (χ2n) is 3.89. The maximum absolute atomic E-state index is 11.7. The molecule has 0 unspecified atom stereocenters. The lowest BCUT2D eigenvalue weighted by Gasteiger charge is -2.07. The molecule has 0 aliphatic carbocycles. The number of para-hydroxylation sites is 1. The minimum atomic E-state index is -0.400. The lowest BCUT2D eigenvalue weighted by Crippen LogP contribution is -2.16. The fourth-order valence-corrected chi connectivity index (χ4v) is 1.79. The lowest BCUT2D eigenvalue weighted by atomic mass is 10.2. The largest absolute Gasteiger partial charge is 0.308 e. The Hall–Kier alpha value is -2.14. The van der Waals surface area contributed by atoms with Crippen molar-refractivity contribution in [3.63, 3.8) is 0 Å². The summed E-state index contributed by atoms with van der Waals surface area (Å²) in [5, 5.41) is 2.51. The number of benzene rings is 1. The number of hydrogen-bond acceptors (Lipinski definition) is 3. The number of nitrogens with zero attached hydrogens (tertiary/aromatic N) is 2. The van der Waals surface area contributed by atoms with E-state index < -0.39 is 5.91 Å². The summed E-state index contributed by atoms with van der Waals surface area (Å²) in [5.41, 5.74) is 1.12. The third-order valence-electron chi connectivity index (χ3n) is 2.51. The van der Waals surface area contributed by atoms with Crippen molar-refractivity contribution in [3.8, 4) is 5.69 Å². The van der Waals surface area contributed by atoms with Gasteiger partial charge in [0.1, 0.15) is 17.9 Å². The van der Waals surface area contributed by atoms with Gasteiger partial charge in [-0.1, -0.05) is 18.2 Å². The predicted molar refractivity (Wildman–Crippen MR) is 72.9 cm³/mol. The Kier molecular flexibility index (Phi) is 3.97. The molecule has 0 atom stereocenters. The second-order valence-corrected chi connectivity index (χ2v) is 4.15. The minimum absolute atomic E-state index is 0.185. The van der Waals surface area contributed by atoms with Crippen LogP contribution in [-0.2, 0) is 4.79 Å². The third kappa shape index (κ3) is 2.82. The van der Waals surface area contributed by atoms with Crippen LogP contribution in [0.4, 0.5) is 5.82 Å².